The van der Waals surface area contributed by atoms with Gasteiger partial charge in [0.05, 0.1) is 0 Å². The van der Waals surface area contributed by atoms with Crippen LogP contribution >= 0.6 is 39.9 Å². The maximum atomic E-state index is 12.4. The largest absolute Gasteiger partial charge is 0.356 e. The summed E-state index contributed by atoms with van der Waals surface area (Å²) in [6.45, 7) is 5.41. The van der Waals surface area contributed by atoms with E-state index in [0.29, 0.717) is 25.9 Å². The van der Waals surface area contributed by atoms with Crippen molar-refractivity contribution < 1.29 is 9.59 Å². The molecule has 0 bridgehead atoms. The molecule has 0 radical (unpaired) electrons. The Balaban J connectivity index is 0.00000392. The van der Waals surface area contributed by atoms with Crippen LogP contribution in [0.3, 0.4) is 0 Å². The van der Waals surface area contributed by atoms with Crippen LogP contribution in [0.2, 0.25) is 0 Å². The number of carbonyl (C=O) groups excluding carboxylic acids is 2. The lowest BCUT2D eigenvalue weighted by atomic mass is 9.99. The fraction of sp³-hybridized carbons (Fsp3) is 0.526. The molecular weight excluding hydrogens is 537 g/mol. The first-order valence-electron chi connectivity index (χ1n) is 9.11. The Kier molecular flexibility index (Phi) is 9.68. The van der Waals surface area contributed by atoms with Crippen LogP contribution in [0.25, 0.3) is 0 Å². The minimum atomic E-state index is -0.772. The van der Waals surface area contributed by atoms with Gasteiger partial charge in [-0.2, -0.15) is 0 Å². The number of hydrogen-bond donors (Lipinski definition) is 2. The molecule has 1 saturated heterocycles. The number of imide groups is 1. The van der Waals surface area contributed by atoms with Crippen LogP contribution in [0, 0.1) is 0 Å². The molecule has 0 saturated carbocycles. The number of halogens is 2. The van der Waals surface area contributed by atoms with Gasteiger partial charge in [0.25, 0.3) is 5.91 Å². The first kappa shape index (κ1) is 24.7. The van der Waals surface area contributed by atoms with E-state index in [-0.39, 0.29) is 35.9 Å². The van der Waals surface area contributed by atoms with E-state index in [9.17, 15) is 9.59 Å². The van der Waals surface area contributed by atoms with Crippen molar-refractivity contribution in [3.63, 3.8) is 0 Å². The highest BCUT2D eigenvalue weighted by Crippen LogP contribution is 2.20. The molecule has 28 heavy (non-hydrogen) atoms. The maximum absolute atomic E-state index is 12.4. The predicted octanol–water partition coefficient (Wildman–Crippen LogP) is 3.18. The lowest BCUT2D eigenvalue weighted by molar-refractivity contribution is -0.130. The third-order valence-corrected chi connectivity index (χ3v) is 5.33. The van der Waals surface area contributed by atoms with Crippen LogP contribution < -0.4 is 10.6 Å². The molecule has 156 valence electrons. The van der Waals surface area contributed by atoms with Gasteiger partial charge in [-0.3, -0.25) is 14.7 Å². The summed E-state index contributed by atoms with van der Waals surface area (Å²) in [6, 6.07) is 7.86. The van der Waals surface area contributed by atoms with Crippen LogP contribution in [0.15, 0.2) is 33.7 Å². The second-order valence-corrected chi connectivity index (χ2v) is 7.80. The standard InChI is InChI=1S/C19H28BrN5O2.HI/c1-5-19(2)16(26)25(18(27)23-19)12-6-11-22-17(21-3)24(4)13-14-7-9-15(20)10-8-14;/h7-10H,5-6,11-13H2,1-4H3,(H,21,22)(H,23,27);1H. The molecule has 1 aromatic carbocycles. The van der Waals surface area contributed by atoms with Gasteiger partial charge in [-0.25, -0.2) is 4.79 Å². The predicted molar refractivity (Wildman–Crippen MR) is 126 cm³/mol. The normalized spacial score (nSPS) is 19.3. The monoisotopic (exact) mass is 565 g/mol. The van der Waals surface area contributed by atoms with Gasteiger partial charge in [0.15, 0.2) is 5.96 Å². The topological polar surface area (TPSA) is 77.0 Å². The highest BCUT2D eigenvalue weighted by atomic mass is 127. The molecule has 1 aliphatic heterocycles. The molecule has 0 aliphatic carbocycles. The van der Waals surface area contributed by atoms with E-state index >= 15 is 0 Å². The number of guanidine groups is 1. The molecule has 1 aromatic rings. The second kappa shape index (κ2) is 11.0. The number of amides is 3. The van der Waals surface area contributed by atoms with Gasteiger partial charge in [0.1, 0.15) is 5.54 Å². The SMILES string of the molecule is CCC1(C)NC(=O)N(CCCNC(=NC)N(C)Cc2ccc(Br)cc2)C1=O.I. The lowest BCUT2D eigenvalue weighted by Gasteiger charge is -2.23. The van der Waals surface area contributed by atoms with E-state index in [0.717, 1.165) is 17.0 Å². The van der Waals surface area contributed by atoms with Gasteiger partial charge in [-0.15, -0.1) is 24.0 Å². The van der Waals surface area contributed by atoms with Crippen molar-refractivity contribution in [2.45, 2.75) is 38.8 Å². The van der Waals surface area contributed by atoms with E-state index in [1.165, 1.54) is 10.5 Å². The minimum Gasteiger partial charge on any atom is -0.356 e. The van der Waals surface area contributed by atoms with Gasteiger partial charge < -0.3 is 15.5 Å². The zero-order valence-corrected chi connectivity index (χ0v) is 20.7. The highest BCUT2D eigenvalue weighted by Gasteiger charge is 2.45. The summed E-state index contributed by atoms with van der Waals surface area (Å²) in [5.41, 5.74) is 0.410. The molecule has 9 heteroatoms. The molecule has 1 unspecified atom stereocenters. The zero-order chi connectivity index (χ0) is 20.0. The van der Waals surface area contributed by atoms with Crippen molar-refractivity contribution in [2.24, 2.45) is 4.99 Å². The molecule has 3 amide bonds. The molecule has 1 aliphatic rings. The molecule has 2 N–H and O–H groups in total. The van der Waals surface area contributed by atoms with Gasteiger partial charge in [-0.05, 0) is 37.5 Å². The van der Waals surface area contributed by atoms with Gasteiger partial charge in [0.2, 0.25) is 0 Å². The molecule has 1 fully saturated rings. The summed E-state index contributed by atoms with van der Waals surface area (Å²) < 4.78 is 1.05. The molecule has 1 heterocycles. The fourth-order valence-corrected chi connectivity index (χ4v) is 3.21. The number of nitrogens with one attached hydrogen (secondary N) is 2. The number of rotatable bonds is 7. The maximum Gasteiger partial charge on any atom is 0.325 e. The number of benzene rings is 1. The third kappa shape index (κ3) is 6.07. The first-order valence-corrected chi connectivity index (χ1v) is 9.90. The van der Waals surface area contributed by atoms with E-state index in [1.54, 1.807) is 14.0 Å². The van der Waals surface area contributed by atoms with Gasteiger partial charge >= 0.3 is 6.03 Å². The van der Waals surface area contributed by atoms with E-state index in [4.69, 9.17) is 0 Å². The van der Waals surface area contributed by atoms with Crippen LogP contribution in [0.4, 0.5) is 4.79 Å². The summed E-state index contributed by atoms with van der Waals surface area (Å²) in [7, 11) is 3.71. The van der Waals surface area contributed by atoms with Crippen LogP contribution in [0.1, 0.15) is 32.3 Å². The Labute approximate surface area is 192 Å². The third-order valence-electron chi connectivity index (χ3n) is 4.80. The number of nitrogens with zero attached hydrogens (tertiary/aromatic N) is 3. The molecular formula is C19H29BrIN5O2. The quantitative estimate of drug-likeness (QED) is 0.175. The second-order valence-electron chi connectivity index (χ2n) is 6.88. The number of urea groups is 1. The Morgan fingerprint density at radius 3 is 2.50 bits per heavy atom. The first-order chi connectivity index (χ1) is 12.8. The van der Waals surface area contributed by atoms with E-state index in [1.807, 2.05) is 31.0 Å². The summed E-state index contributed by atoms with van der Waals surface area (Å²) >= 11 is 3.44. The Morgan fingerprint density at radius 1 is 1.32 bits per heavy atom. The molecule has 7 nitrogen and oxygen atoms in total. The summed E-state index contributed by atoms with van der Waals surface area (Å²) in [4.78, 5) is 32.0. The van der Waals surface area contributed by atoms with Gasteiger partial charge in [-0.1, -0.05) is 35.0 Å². The van der Waals surface area contributed by atoms with Crippen molar-refractivity contribution in [1.29, 1.82) is 0 Å². The fourth-order valence-electron chi connectivity index (χ4n) is 2.95. The van der Waals surface area contributed by atoms with E-state index in [2.05, 4.69) is 43.7 Å². The summed E-state index contributed by atoms with van der Waals surface area (Å²) in [5.74, 6) is 0.625. The van der Waals surface area contributed by atoms with Crippen molar-refractivity contribution in [2.75, 3.05) is 27.2 Å². The van der Waals surface area contributed by atoms with E-state index < -0.39 is 5.54 Å². The number of carbonyl (C=O) groups is 2. The average molecular weight is 566 g/mol. The van der Waals surface area contributed by atoms with Crippen LogP contribution in [-0.2, 0) is 11.3 Å². The van der Waals surface area contributed by atoms with Crippen molar-refractivity contribution >= 4 is 57.8 Å². The smallest absolute Gasteiger partial charge is 0.325 e. The number of aliphatic imine (C=N–C) groups is 1. The van der Waals surface area contributed by atoms with Crippen molar-refractivity contribution in [3.05, 3.63) is 34.3 Å². The molecule has 0 spiro atoms. The van der Waals surface area contributed by atoms with Crippen molar-refractivity contribution in [3.8, 4) is 0 Å². The molecule has 0 aromatic heterocycles. The van der Waals surface area contributed by atoms with Gasteiger partial charge in [0, 0.05) is 38.2 Å². The number of hydrogen-bond acceptors (Lipinski definition) is 3. The van der Waals surface area contributed by atoms with Crippen molar-refractivity contribution in [1.82, 2.24) is 20.4 Å². The highest BCUT2D eigenvalue weighted by molar-refractivity contribution is 14.0. The summed E-state index contributed by atoms with van der Waals surface area (Å²) in [6.07, 6.45) is 1.24. The average Bonchev–Trinajstić information content (AvgIpc) is 2.86. The molecule has 2 rings (SSSR count). The minimum absolute atomic E-state index is 0. The Morgan fingerprint density at radius 2 is 1.96 bits per heavy atom. The van der Waals surface area contributed by atoms with Crippen LogP contribution in [-0.4, -0.2) is 60.4 Å². The molecule has 1 atom stereocenters. The Bertz CT molecular complexity index is 713. The zero-order valence-electron chi connectivity index (χ0n) is 16.8. The Hall–Kier alpha value is -1.36. The lowest BCUT2D eigenvalue weighted by Crippen LogP contribution is -2.43. The summed E-state index contributed by atoms with van der Waals surface area (Å²) in [5, 5.41) is 6.06. The van der Waals surface area contributed by atoms with Crippen LogP contribution in [0.5, 0.6) is 0 Å².